The number of carbonyl (C=O) groups is 1. The van der Waals surface area contributed by atoms with Gasteiger partial charge in [0.15, 0.2) is 0 Å². The number of nitriles is 1. The summed E-state index contributed by atoms with van der Waals surface area (Å²) in [5, 5.41) is 8.56. The highest BCUT2D eigenvalue weighted by Crippen LogP contribution is 2.19. The molecule has 1 fully saturated rings. The van der Waals surface area contributed by atoms with Crippen molar-refractivity contribution >= 4 is 6.09 Å². The third-order valence-corrected chi connectivity index (χ3v) is 2.42. The first-order valence-electron chi connectivity index (χ1n) is 5.06. The Morgan fingerprint density at radius 2 is 2.50 bits per heavy atom. The number of piperidine rings is 1. The lowest BCUT2D eigenvalue weighted by Gasteiger charge is -2.30. The van der Waals surface area contributed by atoms with Crippen molar-refractivity contribution in [1.82, 2.24) is 4.90 Å². The molecule has 0 aromatic carbocycles. The zero-order valence-electron chi connectivity index (χ0n) is 8.53. The minimum Gasteiger partial charge on any atom is -0.450 e. The van der Waals surface area contributed by atoms with Gasteiger partial charge in [0.1, 0.15) is 0 Å². The first kappa shape index (κ1) is 10.8. The van der Waals surface area contributed by atoms with E-state index in [1.54, 1.807) is 11.8 Å². The van der Waals surface area contributed by atoms with Crippen molar-refractivity contribution in [2.24, 2.45) is 5.92 Å². The highest BCUT2D eigenvalue weighted by atomic mass is 16.6. The third-order valence-electron chi connectivity index (χ3n) is 2.42. The minimum absolute atomic E-state index is 0.241. The van der Waals surface area contributed by atoms with Crippen molar-refractivity contribution in [3.8, 4) is 6.07 Å². The summed E-state index contributed by atoms with van der Waals surface area (Å²) in [7, 11) is 0. The van der Waals surface area contributed by atoms with E-state index in [4.69, 9.17) is 10.00 Å². The molecule has 1 aliphatic rings. The molecule has 4 heteroatoms. The second kappa shape index (κ2) is 5.48. The lowest BCUT2D eigenvalue weighted by Crippen LogP contribution is -2.40. The second-order valence-corrected chi connectivity index (χ2v) is 3.52. The van der Waals surface area contributed by atoms with Gasteiger partial charge in [-0.05, 0) is 25.7 Å². The number of amides is 1. The largest absolute Gasteiger partial charge is 0.450 e. The number of carbonyl (C=O) groups excluding carboxylic acids is 1. The molecule has 0 radical (unpaired) electrons. The number of likely N-dealkylation sites (tertiary alicyclic amines) is 1. The van der Waals surface area contributed by atoms with Crippen LogP contribution in [0.5, 0.6) is 0 Å². The molecule has 0 spiro atoms. The van der Waals surface area contributed by atoms with E-state index < -0.39 is 0 Å². The van der Waals surface area contributed by atoms with Gasteiger partial charge >= 0.3 is 6.09 Å². The maximum absolute atomic E-state index is 11.4. The maximum atomic E-state index is 11.4. The Morgan fingerprint density at radius 3 is 3.14 bits per heavy atom. The fourth-order valence-electron chi connectivity index (χ4n) is 1.74. The lowest BCUT2D eigenvalue weighted by atomic mass is 9.96. The van der Waals surface area contributed by atoms with Crippen molar-refractivity contribution in [2.75, 3.05) is 19.7 Å². The van der Waals surface area contributed by atoms with Crippen LogP contribution in [-0.4, -0.2) is 30.7 Å². The summed E-state index contributed by atoms with van der Waals surface area (Å²) in [4.78, 5) is 13.1. The Labute approximate surface area is 84.4 Å². The maximum Gasteiger partial charge on any atom is 0.409 e. The van der Waals surface area contributed by atoms with Gasteiger partial charge in [0.05, 0.1) is 12.7 Å². The molecular formula is C10H16N2O2. The average molecular weight is 196 g/mol. The Bertz CT molecular complexity index is 235. The molecule has 1 atom stereocenters. The Hall–Kier alpha value is -1.24. The Kier molecular flexibility index (Phi) is 4.24. The molecule has 78 valence electrons. The van der Waals surface area contributed by atoms with Gasteiger partial charge < -0.3 is 9.64 Å². The van der Waals surface area contributed by atoms with Crippen molar-refractivity contribution in [1.29, 1.82) is 5.26 Å². The fourth-order valence-corrected chi connectivity index (χ4v) is 1.74. The number of nitrogens with zero attached hydrogens (tertiary/aromatic N) is 2. The predicted octanol–water partition coefficient (Wildman–Crippen LogP) is 1.77. The Balaban J connectivity index is 2.40. The van der Waals surface area contributed by atoms with Crippen molar-refractivity contribution in [3.05, 3.63) is 0 Å². The molecule has 0 unspecified atom stereocenters. The van der Waals surface area contributed by atoms with Crippen LogP contribution in [0.1, 0.15) is 26.2 Å². The molecule has 1 amide bonds. The fraction of sp³-hybridized carbons (Fsp3) is 0.800. The van der Waals surface area contributed by atoms with Crippen LogP contribution < -0.4 is 0 Å². The SMILES string of the molecule is CCOC(=O)N1CCC[C@H](CC#N)C1. The van der Waals surface area contributed by atoms with Crippen LogP contribution in [-0.2, 0) is 4.74 Å². The van der Waals surface area contributed by atoms with E-state index in [9.17, 15) is 4.79 Å². The van der Waals surface area contributed by atoms with E-state index in [-0.39, 0.29) is 6.09 Å². The summed E-state index contributed by atoms with van der Waals surface area (Å²) >= 11 is 0. The number of hydrogen-bond acceptors (Lipinski definition) is 3. The van der Waals surface area contributed by atoms with Crippen molar-refractivity contribution < 1.29 is 9.53 Å². The first-order chi connectivity index (χ1) is 6.77. The van der Waals surface area contributed by atoms with Crippen LogP contribution >= 0.6 is 0 Å². The van der Waals surface area contributed by atoms with Gasteiger partial charge in [-0.1, -0.05) is 0 Å². The van der Waals surface area contributed by atoms with Crippen LogP contribution in [0.15, 0.2) is 0 Å². The van der Waals surface area contributed by atoms with E-state index in [2.05, 4.69) is 6.07 Å². The van der Waals surface area contributed by atoms with E-state index in [1.807, 2.05) is 0 Å². The highest BCUT2D eigenvalue weighted by molar-refractivity contribution is 5.67. The van der Waals surface area contributed by atoms with Crippen LogP contribution in [0.3, 0.4) is 0 Å². The van der Waals surface area contributed by atoms with Gasteiger partial charge in [0.25, 0.3) is 0 Å². The summed E-state index contributed by atoms with van der Waals surface area (Å²) < 4.78 is 4.91. The quantitative estimate of drug-likeness (QED) is 0.676. The Morgan fingerprint density at radius 1 is 1.71 bits per heavy atom. The third kappa shape index (κ3) is 2.91. The van der Waals surface area contributed by atoms with Gasteiger partial charge in [-0.25, -0.2) is 4.79 Å². The molecule has 4 nitrogen and oxygen atoms in total. The molecule has 0 saturated carbocycles. The van der Waals surface area contributed by atoms with E-state index in [0.717, 1.165) is 19.4 Å². The van der Waals surface area contributed by atoms with E-state index in [1.165, 1.54) is 0 Å². The molecule has 14 heavy (non-hydrogen) atoms. The monoisotopic (exact) mass is 196 g/mol. The molecule has 1 heterocycles. The number of ether oxygens (including phenoxy) is 1. The number of rotatable bonds is 2. The van der Waals surface area contributed by atoms with Gasteiger partial charge in [0.2, 0.25) is 0 Å². The van der Waals surface area contributed by atoms with Crippen LogP contribution in [0, 0.1) is 17.2 Å². The van der Waals surface area contributed by atoms with Crippen LogP contribution in [0.25, 0.3) is 0 Å². The molecule has 0 N–H and O–H groups in total. The minimum atomic E-state index is -0.241. The van der Waals surface area contributed by atoms with Crippen LogP contribution in [0.4, 0.5) is 4.79 Å². The van der Waals surface area contributed by atoms with Crippen molar-refractivity contribution in [2.45, 2.75) is 26.2 Å². The number of hydrogen-bond donors (Lipinski definition) is 0. The zero-order chi connectivity index (χ0) is 10.4. The molecule has 1 aliphatic heterocycles. The average Bonchev–Trinajstić information content (AvgIpc) is 2.19. The van der Waals surface area contributed by atoms with Gasteiger partial charge in [-0.15, -0.1) is 0 Å². The standard InChI is InChI=1S/C10H16N2O2/c1-2-14-10(13)12-7-3-4-9(8-12)5-6-11/h9H,2-5,7-8H2,1H3/t9-/m1/s1. The summed E-state index contributed by atoms with van der Waals surface area (Å²) in [5.74, 6) is 0.332. The summed E-state index contributed by atoms with van der Waals surface area (Å²) in [6.45, 7) is 3.65. The summed E-state index contributed by atoms with van der Waals surface area (Å²) in [6, 6.07) is 2.15. The van der Waals surface area contributed by atoms with Gasteiger partial charge in [-0.2, -0.15) is 5.26 Å². The predicted molar refractivity (Wildman–Crippen MR) is 51.5 cm³/mol. The molecule has 0 aliphatic carbocycles. The van der Waals surface area contributed by atoms with Crippen LogP contribution in [0.2, 0.25) is 0 Å². The van der Waals surface area contributed by atoms with Gasteiger partial charge in [0, 0.05) is 19.5 Å². The van der Waals surface area contributed by atoms with E-state index >= 15 is 0 Å². The topological polar surface area (TPSA) is 53.3 Å². The second-order valence-electron chi connectivity index (χ2n) is 3.52. The normalized spacial score (nSPS) is 21.4. The first-order valence-corrected chi connectivity index (χ1v) is 5.06. The van der Waals surface area contributed by atoms with Crippen molar-refractivity contribution in [3.63, 3.8) is 0 Å². The summed E-state index contributed by atoms with van der Waals surface area (Å²) in [6.07, 6.45) is 2.32. The highest BCUT2D eigenvalue weighted by Gasteiger charge is 2.23. The molecule has 1 saturated heterocycles. The molecule has 1 rings (SSSR count). The summed E-state index contributed by atoms with van der Waals surface area (Å²) in [5.41, 5.74) is 0. The van der Waals surface area contributed by atoms with Gasteiger partial charge in [-0.3, -0.25) is 0 Å². The smallest absolute Gasteiger partial charge is 0.409 e. The molecule has 0 aromatic heterocycles. The zero-order valence-corrected chi connectivity index (χ0v) is 8.53. The molecule has 0 bridgehead atoms. The van der Waals surface area contributed by atoms with E-state index in [0.29, 0.717) is 25.5 Å². The molecular weight excluding hydrogens is 180 g/mol. The molecule has 0 aromatic rings. The lowest BCUT2D eigenvalue weighted by molar-refractivity contribution is 0.0889.